The minimum absolute atomic E-state index is 0.271. The van der Waals surface area contributed by atoms with E-state index < -0.39 is 0 Å². The Morgan fingerprint density at radius 2 is 1.95 bits per heavy atom. The fourth-order valence-corrected chi connectivity index (χ4v) is 1.96. The van der Waals surface area contributed by atoms with Gasteiger partial charge in [-0.25, -0.2) is 9.97 Å². The van der Waals surface area contributed by atoms with Crippen LogP contribution in [0.15, 0.2) is 54.7 Å². The maximum absolute atomic E-state index is 12.2. The third-order valence-corrected chi connectivity index (χ3v) is 3.03. The number of hydrogen-bond donors (Lipinski definition) is 1. The molecule has 104 valence electrons. The van der Waals surface area contributed by atoms with Crippen molar-refractivity contribution in [1.82, 2.24) is 9.97 Å². The quantitative estimate of drug-likeness (QED) is 0.800. The summed E-state index contributed by atoms with van der Waals surface area (Å²) < 4.78 is 4.97. The molecule has 0 unspecified atom stereocenters. The van der Waals surface area contributed by atoms with E-state index in [9.17, 15) is 4.79 Å². The van der Waals surface area contributed by atoms with Gasteiger partial charge in [-0.05, 0) is 18.2 Å². The molecule has 1 amide bonds. The van der Waals surface area contributed by atoms with E-state index in [0.717, 1.165) is 10.9 Å². The van der Waals surface area contributed by atoms with Crippen molar-refractivity contribution in [3.63, 3.8) is 0 Å². The van der Waals surface area contributed by atoms with Gasteiger partial charge in [0.05, 0.1) is 24.5 Å². The van der Waals surface area contributed by atoms with Gasteiger partial charge in [-0.1, -0.05) is 24.3 Å². The van der Waals surface area contributed by atoms with Crippen LogP contribution in [0.1, 0.15) is 10.5 Å². The summed E-state index contributed by atoms with van der Waals surface area (Å²) in [5.41, 5.74) is 1.75. The summed E-state index contributed by atoms with van der Waals surface area (Å²) in [6, 6.07) is 14.7. The van der Waals surface area contributed by atoms with Crippen LogP contribution < -0.4 is 10.1 Å². The van der Waals surface area contributed by atoms with Gasteiger partial charge in [-0.2, -0.15) is 0 Å². The van der Waals surface area contributed by atoms with Gasteiger partial charge in [0, 0.05) is 11.5 Å². The second-order valence-corrected chi connectivity index (χ2v) is 4.43. The zero-order chi connectivity index (χ0) is 14.7. The van der Waals surface area contributed by atoms with Crippen LogP contribution in [0.4, 0.5) is 5.69 Å². The Kier molecular flexibility index (Phi) is 3.47. The summed E-state index contributed by atoms with van der Waals surface area (Å²) >= 11 is 0. The molecule has 3 rings (SSSR count). The zero-order valence-electron chi connectivity index (χ0n) is 11.4. The molecule has 0 aliphatic carbocycles. The number of nitrogens with one attached hydrogen (secondary N) is 1. The molecule has 3 aromatic rings. The molecular weight excluding hydrogens is 266 g/mol. The number of aromatic nitrogens is 2. The number of carbonyl (C=O) groups excluding carboxylic acids is 1. The Morgan fingerprint density at radius 1 is 1.10 bits per heavy atom. The third kappa shape index (κ3) is 2.81. The summed E-state index contributed by atoms with van der Waals surface area (Å²) in [6.45, 7) is 0. The van der Waals surface area contributed by atoms with Crippen LogP contribution in [0.5, 0.6) is 5.88 Å². The highest BCUT2D eigenvalue weighted by molar-refractivity contribution is 6.03. The first kappa shape index (κ1) is 13.1. The molecule has 0 bridgehead atoms. The maximum Gasteiger partial charge on any atom is 0.274 e. The molecular formula is C16H13N3O2. The van der Waals surface area contributed by atoms with Crippen molar-refractivity contribution in [1.29, 1.82) is 0 Å². The first-order valence-corrected chi connectivity index (χ1v) is 6.43. The van der Waals surface area contributed by atoms with Crippen molar-refractivity contribution in [3.05, 3.63) is 60.4 Å². The highest BCUT2D eigenvalue weighted by atomic mass is 16.5. The lowest BCUT2D eigenvalue weighted by Gasteiger charge is -2.06. The van der Waals surface area contributed by atoms with Gasteiger partial charge < -0.3 is 10.1 Å². The predicted molar refractivity (Wildman–Crippen MR) is 80.5 cm³/mol. The lowest BCUT2D eigenvalue weighted by Crippen LogP contribution is -2.13. The molecule has 0 radical (unpaired) electrons. The fourth-order valence-electron chi connectivity index (χ4n) is 1.96. The number of anilines is 1. The molecule has 1 aromatic carbocycles. The van der Waals surface area contributed by atoms with Gasteiger partial charge >= 0.3 is 0 Å². The van der Waals surface area contributed by atoms with Crippen molar-refractivity contribution in [3.8, 4) is 5.88 Å². The Labute approximate surface area is 121 Å². The van der Waals surface area contributed by atoms with Gasteiger partial charge in [-0.3, -0.25) is 4.79 Å². The second-order valence-electron chi connectivity index (χ2n) is 4.43. The monoisotopic (exact) mass is 279 g/mol. The summed E-state index contributed by atoms with van der Waals surface area (Å²) in [5, 5.41) is 3.75. The number of pyridine rings is 2. The third-order valence-electron chi connectivity index (χ3n) is 3.03. The minimum atomic E-state index is -0.271. The molecule has 2 heterocycles. The van der Waals surface area contributed by atoms with Crippen molar-refractivity contribution in [2.75, 3.05) is 12.4 Å². The fraction of sp³-hybridized carbons (Fsp3) is 0.0625. The van der Waals surface area contributed by atoms with Crippen LogP contribution in [0.2, 0.25) is 0 Å². The molecule has 0 spiro atoms. The molecule has 0 saturated carbocycles. The van der Waals surface area contributed by atoms with Crippen molar-refractivity contribution in [2.24, 2.45) is 0 Å². The molecule has 1 N–H and O–H groups in total. The number of methoxy groups -OCH3 is 1. The SMILES string of the molecule is COc1ccc(NC(=O)c2ccc3ccccc3n2)cn1. The van der Waals surface area contributed by atoms with E-state index in [1.807, 2.05) is 30.3 Å². The van der Waals surface area contributed by atoms with Crippen molar-refractivity contribution < 1.29 is 9.53 Å². The van der Waals surface area contributed by atoms with E-state index in [-0.39, 0.29) is 5.91 Å². The van der Waals surface area contributed by atoms with Gasteiger partial charge in [0.2, 0.25) is 5.88 Å². The topological polar surface area (TPSA) is 64.1 Å². The number of para-hydroxylation sites is 1. The highest BCUT2D eigenvalue weighted by Gasteiger charge is 2.08. The lowest BCUT2D eigenvalue weighted by molar-refractivity contribution is 0.102. The smallest absolute Gasteiger partial charge is 0.274 e. The van der Waals surface area contributed by atoms with Gasteiger partial charge in [0.25, 0.3) is 5.91 Å². The van der Waals surface area contributed by atoms with Crippen LogP contribution in [0.25, 0.3) is 10.9 Å². The largest absolute Gasteiger partial charge is 0.481 e. The number of ether oxygens (including phenoxy) is 1. The highest BCUT2D eigenvalue weighted by Crippen LogP contribution is 2.14. The molecule has 0 atom stereocenters. The molecule has 2 aromatic heterocycles. The van der Waals surface area contributed by atoms with E-state index in [1.165, 1.54) is 6.20 Å². The predicted octanol–water partition coefficient (Wildman–Crippen LogP) is 2.89. The van der Waals surface area contributed by atoms with Crippen molar-refractivity contribution in [2.45, 2.75) is 0 Å². The molecule has 0 saturated heterocycles. The van der Waals surface area contributed by atoms with Gasteiger partial charge in [0.1, 0.15) is 5.69 Å². The van der Waals surface area contributed by atoms with Crippen LogP contribution in [0, 0.1) is 0 Å². The normalized spacial score (nSPS) is 10.3. The van der Waals surface area contributed by atoms with E-state index in [0.29, 0.717) is 17.3 Å². The number of hydrogen-bond acceptors (Lipinski definition) is 4. The Hall–Kier alpha value is -2.95. The number of carbonyl (C=O) groups is 1. The first-order chi connectivity index (χ1) is 10.3. The summed E-state index contributed by atoms with van der Waals surface area (Å²) in [7, 11) is 1.54. The van der Waals surface area contributed by atoms with E-state index in [4.69, 9.17) is 4.74 Å². The lowest BCUT2D eigenvalue weighted by atomic mass is 10.2. The molecule has 5 heteroatoms. The minimum Gasteiger partial charge on any atom is -0.481 e. The molecule has 0 fully saturated rings. The summed E-state index contributed by atoms with van der Waals surface area (Å²) in [4.78, 5) is 20.6. The average Bonchev–Trinajstić information content (AvgIpc) is 2.55. The van der Waals surface area contributed by atoms with Crippen LogP contribution in [-0.2, 0) is 0 Å². The number of benzene rings is 1. The van der Waals surface area contributed by atoms with Gasteiger partial charge in [-0.15, -0.1) is 0 Å². The Balaban J connectivity index is 1.82. The number of nitrogens with zero attached hydrogens (tertiary/aromatic N) is 2. The van der Waals surface area contributed by atoms with Crippen LogP contribution >= 0.6 is 0 Å². The summed E-state index contributed by atoms with van der Waals surface area (Å²) in [6.07, 6.45) is 1.54. The summed E-state index contributed by atoms with van der Waals surface area (Å²) in [5.74, 6) is 0.226. The van der Waals surface area contributed by atoms with Crippen molar-refractivity contribution >= 4 is 22.5 Å². The molecule has 5 nitrogen and oxygen atoms in total. The van der Waals surface area contributed by atoms with Crippen LogP contribution in [-0.4, -0.2) is 23.0 Å². The number of fused-ring (bicyclic) bond motifs is 1. The molecule has 21 heavy (non-hydrogen) atoms. The maximum atomic E-state index is 12.2. The van der Waals surface area contributed by atoms with E-state index >= 15 is 0 Å². The van der Waals surface area contributed by atoms with E-state index in [2.05, 4.69) is 15.3 Å². The number of rotatable bonds is 3. The molecule has 0 aliphatic heterocycles. The second kappa shape index (κ2) is 5.58. The molecule has 0 aliphatic rings. The Bertz CT molecular complexity index is 785. The van der Waals surface area contributed by atoms with Crippen LogP contribution in [0.3, 0.4) is 0 Å². The Morgan fingerprint density at radius 3 is 2.71 bits per heavy atom. The zero-order valence-corrected chi connectivity index (χ0v) is 11.4. The number of amides is 1. The van der Waals surface area contributed by atoms with E-state index in [1.54, 1.807) is 25.3 Å². The first-order valence-electron chi connectivity index (χ1n) is 6.43. The average molecular weight is 279 g/mol. The van der Waals surface area contributed by atoms with Gasteiger partial charge in [0.15, 0.2) is 0 Å². The standard InChI is InChI=1S/C16H13N3O2/c1-21-15-9-7-12(10-17-15)18-16(20)14-8-6-11-4-2-3-5-13(11)19-14/h2-10H,1H3,(H,18,20).